The molecule has 0 bridgehead atoms. The summed E-state index contributed by atoms with van der Waals surface area (Å²) in [5, 5.41) is 20.8. The average Bonchev–Trinajstić information content (AvgIpc) is 2.49. The van der Waals surface area contributed by atoms with E-state index in [4.69, 9.17) is 15.1 Å². The van der Waals surface area contributed by atoms with Crippen LogP contribution >= 0.6 is 0 Å². The van der Waals surface area contributed by atoms with Crippen molar-refractivity contribution >= 4 is 5.91 Å². The van der Waals surface area contributed by atoms with Crippen molar-refractivity contribution < 1.29 is 14.6 Å². The van der Waals surface area contributed by atoms with Gasteiger partial charge in [-0.3, -0.25) is 4.79 Å². The predicted molar refractivity (Wildman–Crippen MR) is 79.8 cm³/mol. The second-order valence-electron chi connectivity index (χ2n) is 5.67. The molecule has 0 aromatic heterocycles. The molecule has 1 rings (SSSR count). The van der Waals surface area contributed by atoms with E-state index in [-0.39, 0.29) is 24.5 Å². The molecule has 0 saturated carbocycles. The van der Waals surface area contributed by atoms with Crippen LogP contribution in [-0.4, -0.2) is 30.8 Å². The third-order valence-corrected chi connectivity index (χ3v) is 3.15. The summed E-state index contributed by atoms with van der Waals surface area (Å²) in [6.07, 6.45) is 1.63. The van der Waals surface area contributed by atoms with E-state index in [0.29, 0.717) is 17.9 Å². The molecular weight excluding hydrogens is 268 g/mol. The zero-order valence-corrected chi connectivity index (χ0v) is 12.6. The minimum absolute atomic E-state index is 0.109. The second kappa shape index (κ2) is 8.28. The molecule has 0 saturated heterocycles. The van der Waals surface area contributed by atoms with Crippen molar-refractivity contribution in [2.75, 3.05) is 19.8 Å². The fourth-order valence-corrected chi connectivity index (χ4v) is 1.75. The molecule has 0 aliphatic heterocycles. The smallest absolute Gasteiger partial charge is 0.257 e. The summed E-state index contributed by atoms with van der Waals surface area (Å²) < 4.78 is 5.33. The number of aliphatic hydroxyl groups is 1. The van der Waals surface area contributed by atoms with E-state index in [0.717, 1.165) is 12.8 Å². The quantitative estimate of drug-likeness (QED) is 0.716. The Hall–Kier alpha value is -2.06. The molecule has 1 aromatic carbocycles. The Labute approximate surface area is 125 Å². The average molecular weight is 290 g/mol. The predicted octanol–water partition coefficient (Wildman–Crippen LogP) is 1.85. The van der Waals surface area contributed by atoms with E-state index in [1.54, 1.807) is 24.3 Å². The topological polar surface area (TPSA) is 82.3 Å². The first-order chi connectivity index (χ1) is 9.98. The van der Waals surface area contributed by atoms with Crippen LogP contribution in [0.25, 0.3) is 0 Å². The van der Waals surface area contributed by atoms with Crippen molar-refractivity contribution in [2.45, 2.75) is 26.7 Å². The number of hydrogen-bond donors (Lipinski definition) is 2. The summed E-state index contributed by atoms with van der Waals surface area (Å²) in [4.78, 5) is 11.6. The molecule has 21 heavy (non-hydrogen) atoms. The van der Waals surface area contributed by atoms with Gasteiger partial charge in [0.15, 0.2) is 6.61 Å². The van der Waals surface area contributed by atoms with Crippen LogP contribution in [0.5, 0.6) is 5.75 Å². The second-order valence-corrected chi connectivity index (χ2v) is 5.67. The highest BCUT2D eigenvalue weighted by Gasteiger charge is 2.15. The normalized spacial score (nSPS) is 10.8. The highest BCUT2D eigenvalue weighted by molar-refractivity contribution is 5.77. The fraction of sp³-hybridized carbons (Fsp3) is 0.500. The molecule has 1 amide bonds. The van der Waals surface area contributed by atoms with Crippen molar-refractivity contribution in [2.24, 2.45) is 5.41 Å². The molecule has 5 heteroatoms. The maximum absolute atomic E-state index is 11.6. The van der Waals surface area contributed by atoms with E-state index in [2.05, 4.69) is 5.32 Å². The van der Waals surface area contributed by atoms with Gasteiger partial charge in [-0.25, -0.2) is 0 Å². The lowest BCUT2D eigenvalue weighted by Crippen LogP contribution is -2.30. The van der Waals surface area contributed by atoms with Crippen LogP contribution in [-0.2, 0) is 4.79 Å². The van der Waals surface area contributed by atoms with E-state index < -0.39 is 0 Å². The monoisotopic (exact) mass is 290 g/mol. The molecule has 0 atom stereocenters. The Balaban J connectivity index is 2.27. The summed E-state index contributed by atoms with van der Waals surface area (Å²) in [7, 11) is 0. The lowest BCUT2D eigenvalue weighted by Gasteiger charge is -2.21. The first-order valence-electron chi connectivity index (χ1n) is 6.98. The summed E-state index contributed by atoms with van der Waals surface area (Å²) in [6, 6.07) is 8.82. The molecule has 0 spiro atoms. The summed E-state index contributed by atoms with van der Waals surface area (Å²) in [6.45, 7) is 4.54. The first kappa shape index (κ1) is 17.0. The van der Waals surface area contributed by atoms with Gasteiger partial charge < -0.3 is 15.2 Å². The van der Waals surface area contributed by atoms with Gasteiger partial charge in [-0.1, -0.05) is 26.0 Å². The van der Waals surface area contributed by atoms with Gasteiger partial charge in [0, 0.05) is 13.2 Å². The van der Waals surface area contributed by atoms with Crippen LogP contribution in [0.2, 0.25) is 0 Å². The Morgan fingerprint density at radius 2 is 2.14 bits per heavy atom. The number of carbonyl (C=O) groups excluding carboxylic acids is 1. The van der Waals surface area contributed by atoms with Crippen LogP contribution in [0.15, 0.2) is 24.3 Å². The molecule has 0 unspecified atom stereocenters. The summed E-state index contributed by atoms with van der Waals surface area (Å²) in [5.41, 5.74) is 0.294. The Morgan fingerprint density at radius 1 is 1.43 bits per heavy atom. The lowest BCUT2D eigenvalue weighted by molar-refractivity contribution is -0.123. The summed E-state index contributed by atoms with van der Waals surface area (Å²) >= 11 is 0. The Kier molecular flexibility index (Phi) is 6.70. The van der Waals surface area contributed by atoms with Gasteiger partial charge in [-0.15, -0.1) is 0 Å². The third-order valence-electron chi connectivity index (χ3n) is 3.15. The minimum atomic E-state index is -0.218. The van der Waals surface area contributed by atoms with Gasteiger partial charge in [-0.05, 0) is 30.4 Å². The van der Waals surface area contributed by atoms with E-state index >= 15 is 0 Å². The highest BCUT2D eigenvalue weighted by Crippen LogP contribution is 2.20. The number of nitrogens with zero attached hydrogens (tertiary/aromatic N) is 1. The zero-order valence-electron chi connectivity index (χ0n) is 12.6. The largest absolute Gasteiger partial charge is 0.482 e. The molecule has 2 N–H and O–H groups in total. The van der Waals surface area contributed by atoms with Crippen molar-refractivity contribution in [3.05, 3.63) is 29.8 Å². The van der Waals surface area contributed by atoms with Crippen molar-refractivity contribution in [1.82, 2.24) is 5.32 Å². The number of hydrogen-bond acceptors (Lipinski definition) is 4. The maximum atomic E-state index is 11.6. The van der Waals surface area contributed by atoms with Crippen LogP contribution in [0.1, 0.15) is 32.3 Å². The number of carbonyl (C=O) groups is 1. The van der Waals surface area contributed by atoms with Crippen LogP contribution in [0.3, 0.4) is 0 Å². The van der Waals surface area contributed by atoms with Crippen molar-refractivity contribution in [3.63, 3.8) is 0 Å². The highest BCUT2D eigenvalue weighted by atomic mass is 16.5. The number of nitrogens with one attached hydrogen (secondary N) is 1. The molecule has 0 fully saturated rings. The Bertz CT molecular complexity index is 506. The van der Waals surface area contributed by atoms with Gasteiger partial charge in [0.2, 0.25) is 0 Å². The zero-order chi connectivity index (χ0) is 15.7. The molecular formula is C16H22N2O3. The Morgan fingerprint density at radius 3 is 2.81 bits per heavy atom. The fourth-order valence-electron chi connectivity index (χ4n) is 1.75. The molecule has 0 aliphatic carbocycles. The van der Waals surface area contributed by atoms with Crippen molar-refractivity contribution in [3.8, 4) is 11.8 Å². The molecule has 114 valence electrons. The van der Waals surface area contributed by atoms with Crippen LogP contribution in [0, 0.1) is 16.7 Å². The first-order valence-corrected chi connectivity index (χ1v) is 6.98. The van der Waals surface area contributed by atoms with Gasteiger partial charge in [0.25, 0.3) is 5.91 Å². The minimum Gasteiger partial charge on any atom is -0.482 e. The molecule has 0 heterocycles. The van der Waals surface area contributed by atoms with E-state index in [9.17, 15) is 4.79 Å². The summed E-state index contributed by atoms with van der Waals surface area (Å²) in [5.74, 6) is 0.195. The van der Waals surface area contributed by atoms with Crippen LogP contribution in [0.4, 0.5) is 0 Å². The third kappa shape index (κ3) is 6.28. The molecule has 1 aromatic rings. The van der Waals surface area contributed by atoms with Gasteiger partial charge >= 0.3 is 0 Å². The molecule has 5 nitrogen and oxygen atoms in total. The number of rotatable bonds is 8. The standard InChI is InChI=1S/C16H22N2O3/c1-16(2,12-19)8-5-9-18-15(20)11-21-14-7-4-3-6-13(14)10-17/h3-4,6-7,19H,5,8-9,11-12H2,1-2H3,(H,18,20). The molecule has 0 radical (unpaired) electrons. The maximum Gasteiger partial charge on any atom is 0.257 e. The SMILES string of the molecule is CC(C)(CO)CCCNC(=O)COc1ccccc1C#N. The number of para-hydroxylation sites is 1. The van der Waals surface area contributed by atoms with E-state index in [1.807, 2.05) is 19.9 Å². The number of amides is 1. The molecule has 0 aliphatic rings. The number of nitriles is 1. The van der Waals surface area contributed by atoms with Crippen molar-refractivity contribution in [1.29, 1.82) is 5.26 Å². The van der Waals surface area contributed by atoms with Gasteiger partial charge in [0.05, 0.1) is 5.56 Å². The lowest BCUT2D eigenvalue weighted by atomic mass is 9.89. The van der Waals surface area contributed by atoms with E-state index in [1.165, 1.54) is 0 Å². The van der Waals surface area contributed by atoms with Gasteiger partial charge in [0.1, 0.15) is 11.8 Å². The number of aliphatic hydroxyl groups excluding tert-OH is 1. The van der Waals surface area contributed by atoms with Gasteiger partial charge in [-0.2, -0.15) is 5.26 Å². The number of benzene rings is 1. The number of ether oxygens (including phenoxy) is 1. The van der Waals surface area contributed by atoms with Crippen LogP contribution < -0.4 is 10.1 Å².